The van der Waals surface area contributed by atoms with Crippen LogP contribution >= 0.6 is 0 Å². The lowest BCUT2D eigenvalue weighted by molar-refractivity contribution is 0.0943. The maximum absolute atomic E-state index is 12.4. The number of ether oxygens (including phenoxy) is 1. The zero-order valence-electron chi connectivity index (χ0n) is 17.0. The van der Waals surface area contributed by atoms with Crippen molar-refractivity contribution >= 4 is 22.5 Å². The predicted octanol–water partition coefficient (Wildman–Crippen LogP) is 2.50. The molecule has 0 radical (unpaired) electrons. The van der Waals surface area contributed by atoms with Gasteiger partial charge in [0.1, 0.15) is 22.7 Å². The van der Waals surface area contributed by atoms with Gasteiger partial charge in [-0.25, -0.2) is 4.98 Å². The number of phenolic OH excluding ortho intramolecular Hbond substituents is 1. The van der Waals surface area contributed by atoms with Gasteiger partial charge in [0.25, 0.3) is 5.91 Å². The molecule has 7 heteroatoms. The number of aromatic hydroxyl groups is 1. The van der Waals surface area contributed by atoms with Crippen LogP contribution in [0, 0.1) is 0 Å². The number of nitrogens with one attached hydrogen (secondary N) is 1. The lowest BCUT2D eigenvalue weighted by Gasteiger charge is -2.36. The minimum atomic E-state index is -0.225. The summed E-state index contributed by atoms with van der Waals surface area (Å²) in [5, 5.41) is 13.7. The molecule has 0 saturated carbocycles. The second kappa shape index (κ2) is 9.00. The van der Waals surface area contributed by atoms with E-state index >= 15 is 0 Å². The zero-order valence-corrected chi connectivity index (χ0v) is 17.0. The molecule has 1 saturated heterocycles. The number of para-hydroxylation sites is 1. The summed E-state index contributed by atoms with van der Waals surface area (Å²) in [7, 11) is 1.67. The zero-order chi connectivity index (χ0) is 20.9. The third-order valence-corrected chi connectivity index (χ3v) is 5.46. The Hall–Kier alpha value is -3.32. The molecule has 156 valence electrons. The van der Waals surface area contributed by atoms with Gasteiger partial charge in [-0.3, -0.25) is 9.69 Å². The Labute approximate surface area is 175 Å². The van der Waals surface area contributed by atoms with Crippen LogP contribution in [0.25, 0.3) is 10.9 Å². The second-order valence-electron chi connectivity index (χ2n) is 7.33. The van der Waals surface area contributed by atoms with Gasteiger partial charge < -0.3 is 20.1 Å². The van der Waals surface area contributed by atoms with Gasteiger partial charge in [0.05, 0.1) is 7.11 Å². The Morgan fingerprint density at radius 1 is 1.07 bits per heavy atom. The maximum Gasteiger partial charge on any atom is 0.269 e. The Balaban J connectivity index is 1.25. The Bertz CT molecular complexity index is 1010. The fourth-order valence-corrected chi connectivity index (χ4v) is 3.70. The molecule has 30 heavy (non-hydrogen) atoms. The molecule has 2 aromatic carbocycles. The number of aromatic nitrogens is 1. The number of benzene rings is 2. The molecular formula is C23H26N4O3. The standard InChI is InChI=1S/C23H26N4O3/c1-30-19-8-6-18(7-9-19)27-15-13-26(14-16-27)12-11-24-23(29)20-10-5-17-3-2-4-21(28)22(17)25-20/h2-10,28H,11-16H2,1H3,(H,24,29). The van der Waals surface area contributed by atoms with Crippen LogP contribution < -0.4 is 15.0 Å². The number of carbonyl (C=O) groups is 1. The van der Waals surface area contributed by atoms with Crippen molar-refractivity contribution in [3.63, 3.8) is 0 Å². The summed E-state index contributed by atoms with van der Waals surface area (Å²) >= 11 is 0. The van der Waals surface area contributed by atoms with Gasteiger partial charge >= 0.3 is 0 Å². The number of amides is 1. The molecule has 1 aliphatic heterocycles. The SMILES string of the molecule is COc1ccc(N2CCN(CCNC(=O)c3ccc4cccc(O)c4n3)CC2)cc1. The fraction of sp³-hybridized carbons (Fsp3) is 0.304. The minimum absolute atomic E-state index is 0.0804. The molecule has 2 N–H and O–H groups in total. The van der Waals surface area contributed by atoms with E-state index in [9.17, 15) is 9.90 Å². The number of piperazine rings is 1. The van der Waals surface area contributed by atoms with E-state index in [2.05, 4.69) is 32.2 Å². The van der Waals surface area contributed by atoms with Gasteiger partial charge in [-0.05, 0) is 36.4 Å². The Kier molecular flexibility index (Phi) is 5.99. The molecule has 0 unspecified atom stereocenters. The highest BCUT2D eigenvalue weighted by atomic mass is 16.5. The van der Waals surface area contributed by atoms with E-state index in [1.165, 1.54) is 5.69 Å². The number of nitrogens with zero attached hydrogens (tertiary/aromatic N) is 3. The molecule has 0 aliphatic carbocycles. The van der Waals surface area contributed by atoms with E-state index in [-0.39, 0.29) is 11.7 Å². The maximum atomic E-state index is 12.4. The topological polar surface area (TPSA) is 77.9 Å². The fourth-order valence-electron chi connectivity index (χ4n) is 3.70. The third-order valence-electron chi connectivity index (χ3n) is 5.46. The molecule has 7 nitrogen and oxygen atoms in total. The van der Waals surface area contributed by atoms with Crippen molar-refractivity contribution in [2.45, 2.75) is 0 Å². The molecule has 0 spiro atoms. The number of methoxy groups -OCH3 is 1. The van der Waals surface area contributed by atoms with E-state index in [0.29, 0.717) is 17.8 Å². The van der Waals surface area contributed by atoms with Crippen LogP contribution in [-0.2, 0) is 0 Å². The first-order valence-electron chi connectivity index (χ1n) is 10.1. The van der Waals surface area contributed by atoms with Gasteiger partial charge in [0.15, 0.2) is 0 Å². The number of phenols is 1. The van der Waals surface area contributed by atoms with Crippen LogP contribution in [0.5, 0.6) is 11.5 Å². The van der Waals surface area contributed by atoms with Crippen molar-refractivity contribution in [1.29, 1.82) is 0 Å². The molecule has 1 amide bonds. The summed E-state index contributed by atoms with van der Waals surface area (Å²) in [6, 6.07) is 16.8. The summed E-state index contributed by atoms with van der Waals surface area (Å²) in [6.45, 7) is 5.15. The summed E-state index contributed by atoms with van der Waals surface area (Å²) in [5.74, 6) is 0.721. The normalized spacial score (nSPS) is 14.6. The summed E-state index contributed by atoms with van der Waals surface area (Å²) < 4.78 is 5.22. The molecule has 1 fully saturated rings. The molecular weight excluding hydrogens is 380 g/mol. The molecule has 1 aromatic heterocycles. The van der Waals surface area contributed by atoms with Gasteiger partial charge in [-0.2, -0.15) is 0 Å². The van der Waals surface area contributed by atoms with Gasteiger partial charge in [0.2, 0.25) is 0 Å². The van der Waals surface area contributed by atoms with Crippen molar-refractivity contribution in [2.75, 3.05) is 51.3 Å². The van der Waals surface area contributed by atoms with Crippen LogP contribution in [0.4, 0.5) is 5.69 Å². The van der Waals surface area contributed by atoms with E-state index in [4.69, 9.17) is 4.74 Å². The van der Waals surface area contributed by atoms with E-state index in [0.717, 1.165) is 43.9 Å². The highest BCUT2D eigenvalue weighted by molar-refractivity contribution is 5.95. The van der Waals surface area contributed by atoms with Crippen molar-refractivity contribution < 1.29 is 14.6 Å². The van der Waals surface area contributed by atoms with Crippen LogP contribution in [0.15, 0.2) is 54.6 Å². The van der Waals surface area contributed by atoms with E-state index in [1.807, 2.05) is 18.2 Å². The van der Waals surface area contributed by atoms with Crippen LogP contribution in [0.3, 0.4) is 0 Å². The first kappa shape index (κ1) is 20.0. The van der Waals surface area contributed by atoms with Crippen LogP contribution in [0.1, 0.15) is 10.5 Å². The monoisotopic (exact) mass is 406 g/mol. The predicted molar refractivity (Wildman–Crippen MR) is 117 cm³/mol. The summed E-state index contributed by atoms with van der Waals surface area (Å²) in [4.78, 5) is 21.5. The lowest BCUT2D eigenvalue weighted by atomic mass is 10.2. The number of rotatable bonds is 6. The highest BCUT2D eigenvalue weighted by Crippen LogP contribution is 2.22. The lowest BCUT2D eigenvalue weighted by Crippen LogP contribution is -2.48. The summed E-state index contributed by atoms with van der Waals surface area (Å²) in [5.41, 5.74) is 1.96. The van der Waals surface area contributed by atoms with Crippen molar-refractivity contribution in [2.24, 2.45) is 0 Å². The van der Waals surface area contributed by atoms with E-state index in [1.54, 1.807) is 31.4 Å². The number of anilines is 1. The highest BCUT2D eigenvalue weighted by Gasteiger charge is 2.17. The minimum Gasteiger partial charge on any atom is -0.506 e. The molecule has 0 bridgehead atoms. The number of hydrogen-bond acceptors (Lipinski definition) is 6. The van der Waals surface area contributed by atoms with Crippen molar-refractivity contribution in [3.8, 4) is 11.5 Å². The van der Waals surface area contributed by atoms with Gasteiger partial charge in [-0.1, -0.05) is 18.2 Å². The average molecular weight is 406 g/mol. The van der Waals surface area contributed by atoms with Crippen LogP contribution in [0.2, 0.25) is 0 Å². The smallest absolute Gasteiger partial charge is 0.269 e. The summed E-state index contributed by atoms with van der Waals surface area (Å²) in [6.07, 6.45) is 0. The number of carbonyl (C=O) groups excluding carboxylic acids is 1. The van der Waals surface area contributed by atoms with Crippen molar-refractivity contribution in [1.82, 2.24) is 15.2 Å². The number of pyridine rings is 1. The molecule has 1 aliphatic rings. The molecule has 3 aromatic rings. The number of hydrogen-bond donors (Lipinski definition) is 2. The Morgan fingerprint density at radius 2 is 1.83 bits per heavy atom. The Morgan fingerprint density at radius 3 is 2.57 bits per heavy atom. The average Bonchev–Trinajstić information content (AvgIpc) is 2.79. The number of fused-ring (bicyclic) bond motifs is 1. The first-order valence-corrected chi connectivity index (χ1v) is 10.1. The largest absolute Gasteiger partial charge is 0.506 e. The molecule has 4 rings (SSSR count). The van der Waals surface area contributed by atoms with E-state index < -0.39 is 0 Å². The quantitative estimate of drug-likeness (QED) is 0.655. The first-order chi connectivity index (χ1) is 14.6. The molecule has 0 atom stereocenters. The third kappa shape index (κ3) is 4.46. The van der Waals surface area contributed by atoms with Crippen LogP contribution in [-0.4, -0.2) is 67.3 Å². The second-order valence-corrected chi connectivity index (χ2v) is 7.33. The van der Waals surface area contributed by atoms with Gasteiger partial charge in [0, 0.05) is 50.3 Å². The molecule has 2 heterocycles. The van der Waals surface area contributed by atoms with Gasteiger partial charge in [-0.15, -0.1) is 0 Å². The van der Waals surface area contributed by atoms with Crippen molar-refractivity contribution in [3.05, 3.63) is 60.3 Å².